The van der Waals surface area contributed by atoms with Crippen LogP contribution in [-0.2, 0) is 19.1 Å². The van der Waals surface area contributed by atoms with Crippen LogP contribution in [0.3, 0.4) is 0 Å². The number of hydrogen-bond donors (Lipinski definition) is 1. The van der Waals surface area contributed by atoms with Gasteiger partial charge < -0.3 is 4.74 Å². The summed E-state index contributed by atoms with van der Waals surface area (Å²) in [4.78, 5) is 6.58. The highest BCUT2D eigenvalue weighted by molar-refractivity contribution is 5.30. The first kappa shape index (κ1) is 20.4. The third kappa shape index (κ3) is 4.99. The Hall–Kier alpha value is -2.87. The van der Waals surface area contributed by atoms with Gasteiger partial charge in [-0.05, 0) is 55.3 Å². The highest BCUT2D eigenvalue weighted by atomic mass is 19.4. The molecule has 1 N–H and O–H groups in total. The van der Waals surface area contributed by atoms with Gasteiger partial charge in [0.1, 0.15) is 5.75 Å². The number of nitrogens with zero attached hydrogens (tertiary/aromatic N) is 3. The lowest BCUT2D eigenvalue weighted by Gasteiger charge is -2.22. The van der Waals surface area contributed by atoms with Gasteiger partial charge in [0.2, 0.25) is 0 Å². The zero-order chi connectivity index (χ0) is 21.0. The van der Waals surface area contributed by atoms with E-state index in [9.17, 15) is 13.2 Å². The van der Waals surface area contributed by atoms with Crippen LogP contribution >= 0.6 is 0 Å². The predicted molar refractivity (Wildman–Crippen MR) is 106 cm³/mol. The third-order valence-corrected chi connectivity index (χ3v) is 5.27. The van der Waals surface area contributed by atoms with Crippen LogP contribution in [0.2, 0.25) is 0 Å². The fourth-order valence-corrected chi connectivity index (χ4v) is 3.80. The van der Waals surface area contributed by atoms with Crippen molar-refractivity contribution in [3.05, 3.63) is 77.4 Å². The molecule has 1 aromatic carbocycles. The van der Waals surface area contributed by atoms with Gasteiger partial charge in [0.25, 0.3) is 0 Å². The Bertz CT molecular complexity index is 958. The molecule has 1 aliphatic rings. The van der Waals surface area contributed by atoms with Gasteiger partial charge in [-0.1, -0.05) is 12.1 Å². The molecule has 8 heteroatoms. The molecule has 0 saturated carbocycles. The molecule has 1 atom stereocenters. The smallest absolute Gasteiger partial charge is 0.416 e. The first-order valence-corrected chi connectivity index (χ1v) is 9.96. The fraction of sp³-hybridized carbons (Fsp3) is 0.364. The minimum Gasteiger partial charge on any atom is -0.493 e. The number of hydrogen-bond acceptors (Lipinski definition) is 4. The highest BCUT2D eigenvalue weighted by Gasteiger charge is 2.30. The maximum absolute atomic E-state index is 12.8. The SMILES string of the molecule is FC(F)(F)c1cccc(OCCc2cc([C@@H]3CCCN3Cc3cccnc3)n[nH]2)c1. The molecule has 0 spiro atoms. The van der Waals surface area contributed by atoms with E-state index in [1.807, 2.05) is 18.3 Å². The van der Waals surface area contributed by atoms with Gasteiger partial charge in [0, 0.05) is 31.1 Å². The summed E-state index contributed by atoms with van der Waals surface area (Å²) in [5.74, 6) is 0.211. The number of halogens is 3. The van der Waals surface area contributed by atoms with E-state index in [-0.39, 0.29) is 18.4 Å². The predicted octanol–water partition coefficient (Wildman–Crippen LogP) is 4.78. The fourth-order valence-electron chi connectivity index (χ4n) is 3.80. The van der Waals surface area contributed by atoms with E-state index >= 15 is 0 Å². The summed E-state index contributed by atoms with van der Waals surface area (Å²) in [5, 5.41) is 7.52. The molecule has 0 aliphatic carbocycles. The van der Waals surface area contributed by atoms with E-state index in [1.54, 1.807) is 6.20 Å². The molecular formula is C22H23F3N4O. The normalized spacial score (nSPS) is 17.4. The Labute approximate surface area is 172 Å². The Morgan fingerprint density at radius 1 is 1.17 bits per heavy atom. The van der Waals surface area contributed by atoms with Crippen LogP contribution in [0.25, 0.3) is 0 Å². The molecule has 0 radical (unpaired) electrons. The van der Waals surface area contributed by atoms with Crippen LogP contribution in [0, 0.1) is 0 Å². The van der Waals surface area contributed by atoms with Gasteiger partial charge in [-0.25, -0.2) is 0 Å². The summed E-state index contributed by atoms with van der Waals surface area (Å²) in [6.07, 6.45) is 1.99. The monoisotopic (exact) mass is 416 g/mol. The lowest BCUT2D eigenvalue weighted by Crippen LogP contribution is -2.23. The van der Waals surface area contributed by atoms with Crippen molar-refractivity contribution < 1.29 is 17.9 Å². The van der Waals surface area contributed by atoms with Gasteiger partial charge in [0.05, 0.1) is 23.9 Å². The van der Waals surface area contributed by atoms with Gasteiger partial charge in [-0.15, -0.1) is 0 Å². The van der Waals surface area contributed by atoms with Crippen molar-refractivity contribution in [2.75, 3.05) is 13.2 Å². The first-order valence-electron chi connectivity index (χ1n) is 9.96. The van der Waals surface area contributed by atoms with Crippen LogP contribution in [0.5, 0.6) is 5.75 Å². The lowest BCUT2D eigenvalue weighted by molar-refractivity contribution is -0.137. The van der Waals surface area contributed by atoms with Gasteiger partial charge in [-0.2, -0.15) is 18.3 Å². The van der Waals surface area contributed by atoms with Crippen LogP contribution in [0.15, 0.2) is 54.9 Å². The molecule has 1 saturated heterocycles. The second-order valence-electron chi connectivity index (χ2n) is 7.43. The maximum atomic E-state index is 12.8. The Balaban J connectivity index is 1.33. The number of benzene rings is 1. The minimum absolute atomic E-state index is 0.211. The zero-order valence-electron chi connectivity index (χ0n) is 16.4. The standard InChI is InChI=1S/C22H23F3N4O/c23-22(24,25)17-5-1-6-19(12-17)30-11-8-18-13-20(28-27-18)21-7-3-10-29(21)15-16-4-2-9-26-14-16/h1-2,4-6,9,12-14,21H,3,7-8,10-11,15H2,(H,27,28)/t21-/m0/s1. The van der Waals surface area contributed by atoms with Gasteiger partial charge >= 0.3 is 6.18 Å². The molecule has 2 aromatic heterocycles. The second-order valence-corrected chi connectivity index (χ2v) is 7.43. The molecule has 0 bridgehead atoms. The van der Waals surface area contributed by atoms with E-state index in [2.05, 4.69) is 26.1 Å². The quantitative estimate of drug-likeness (QED) is 0.602. The van der Waals surface area contributed by atoms with E-state index in [4.69, 9.17) is 4.74 Å². The van der Waals surface area contributed by atoms with E-state index in [1.165, 1.54) is 17.7 Å². The van der Waals surface area contributed by atoms with Gasteiger partial charge in [-0.3, -0.25) is 15.0 Å². The molecule has 30 heavy (non-hydrogen) atoms. The molecule has 1 aliphatic heterocycles. The molecule has 0 unspecified atom stereocenters. The Morgan fingerprint density at radius 2 is 2.07 bits per heavy atom. The van der Waals surface area contributed by atoms with Crippen molar-refractivity contribution in [3.8, 4) is 5.75 Å². The van der Waals surface area contributed by atoms with Gasteiger partial charge in [0.15, 0.2) is 0 Å². The van der Waals surface area contributed by atoms with Crippen molar-refractivity contribution in [3.63, 3.8) is 0 Å². The van der Waals surface area contributed by atoms with Crippen molar-refractivity contribution in [1.29, 1.82) is 0 Å². The largest absolute Gasteiger partial charge is 0.493 e. The molecular weight excluding hydrogens is 393 g/mol. The number of likely N-dealkylation sites (tertiary alicyclic amines) is 1. The average Bonchev–Trinajstić information content (AvgIpc) is 3.38. The highest BCUT2D eigenvalue weighted by Crippen LogP contribution is 2.33. The molecule has 3 aromatic rings. The summed E-state index contributed by atoms with van der Waals surface area (Å²) < 4.78 is 43.9. The van der Waals surface area contributed by atoms with Crippen molar-refractivity contribution in [1.82, 2.24) is 20.1 Å². The molecule has 4 rings (SSSR count). The molecule has 5 nitrogen and oxygen atoms in total. The molecule has 158 valence electrons. The molecule has 3 heterocycles. The summed E-state index contributed by atoms with van der Waals surface area (Å²) >= 11 is 0. The summed E-state index contributed by atoms with van der Waals surface area (Å²) in [6, 6.07) is 11.2. The number of aromatic amines is 1. The van der Waals surface area contributed by atoms with Crippen molar-refractivity contribution >= 4 is 0 Å². The van der Waals surface area contributed by atoms with Crippen LogP contribution in [-0.4, -0.2) is 33.2 Å². The maximum Gasteiger partial charge on any atom is 0.416 e. The number of alkyl halides is 3. The van der Waals surface area contributed by atoms with E-state index in [0.29, 0.717) is 6.42 Å². The number of nitrogens with one attached hydrogen (secondary N) is 1. The second kappa shape index (κ2) is 8.87. The lowest BCUT2D eigenvalue weighted by atomic mass is 10.1. The number of aromatic nitrogens is 3. The van der Waals surface area contributed by atoms with Crippen LogP contribution in [0.1, 0.15) is 41.4 Å². The number of ether oxygens (including phenoxy) is 1. The van der Waals surface area contributed by atoms with Crippen molar-refractivity contribution in [2.45, 2.75) is 38.0 Å². The number of rotatable bonds is 7. The minimum atomic E-state index is -4.37. The molecule has 1 fully saturated rings. The van der Waals surface area contributed by atoms with E-state index in [0.717, 1.165) is 49.5 Å². The Kier molecular flexibility index (Phi) is 6.03. The number of H-pyrrole nitrogens is 1. The van der Waals surface area contributed by atoms with Crippen molar-refractivity contribution in [2.24, 2.45) is 0 Å². The Morgan fingerprint density at radius 3 is 2.87 bits per heavy atom. The first-order chi connectivity index (χ1) is 14.5. The zero-order valence-corrected chi connectivity index (χ0v) is 16.4. The van der Waals surface area contributed by atoms with Crippen LogP contribution < -0.4 is 4.74 Å². The van der Waals surface area contributed by atoms with E-state index < -0.39 is 11.7 Å². The molecule has 0 amide bonds. The van der Waals surface area contributed by atoms with Crippen LogP contribution in [0.4, 0.5) is 13.2 Å². The number of pyridine rings is 1. The summed E-state index contributed by atoms with van der Waals surface area (Å²) in [6.45, 7) is 2.12. The third-order valence-electron chi connectivity index (χ3n) is 5.27. The average molecular weight is 416 g/mol. The summed E-state index contributed by atoms with van der Waals surface area (Å²) in [5.41, 5.74) is 2.36. The topological polar surface area (TPSA) is 54.0 Å². The summed E-state index contributed by atoms with van der Waals surface area (Å²) in [7, 11) is 0.